The number of carbonyl (C=O) groups excluding carboxylic acids is 2. The topological polar surface area (TPSA) is 82.1 Å². The number of piperidine rings is 1. The van der Waals surface area contributed by atoms with Crippen molar-refractivity contribution < 1.29 is 23.8 Å². The van der Waals surface area contributed by atoms with Crippen LogP contribution in [-0.2, 0) is 9.53 Å². The van der Waals surface area contributed by atoms with E-state index in [4.69, 9.17) is 4.74 Å². The Labute approximate surface area is 188 Å². The zero-order valence-electron chi connectivity index (χ0n) is 19.0. The molecule has 2 N–H and O–H groups in total. The molecule has 2 heterocycles. The molecule has 1 spiro atoms. The van der Waals surface area contributed by atoms with Crippen LogP contribution in [-0.4, -0.2) is 59.9 Å². The number of rotatable bonds is 4. The minimum absolute atomic E-state index is 0.193. The van der Waals surface area contributed by atoms with Gasteiger partial charge >= 0.3 is 6.09 Å². The number of likely N-dealkylation sites (tertiary alicyclic amines) is 1. The van der Waals surface area contributed by atoms with Crippen LogP contribution >= 0.6 is 0 Å². The summed E-state index contributed by atoms with van der Waals surface area (Å²) in [6.45, 7) is 5.45. The lowest BCUT2D eigenvalue weighted by atomic mass is 9.78. The van der Waals surface area contributed by atoms with Gasteiger partial charge in [-0.1, -0.05) is 0 Å². The van der Waals surface area contributed by atoms with Crippen molar-refractivity contribution in [1.29, 1.82) is 0 Å². The number of hydrogen-bond donors (Lipinski definition) is 2. The van der Waals surface area contributed by atoms with Gasteiger partial charge in [0.15, 0.2) is 0 Å². The number of nitrogens with zero attached hydrogens (tertiary/aromatic N) is 2. The van der Waals surface area contributed by atoms with E-state index >= 15 is 0 Å². The van der Waals surface area contributed by atoms with E-state index in [1.165, 1.54) is 6.07 Å². The number of aliphatic hydroxyl groups excluding tert-OH is 1. The first-order valence-corrected chi connectivity index (χ1v) is 11.8. The Bertz CT molecular complexity index is 856. The van der Waals surface area contributed by atoms with E-state index in [-0.39, 0.29) is 24.2 Å². The number of halogens is 1. The lowest BCUT2D eigenvalue weighted by Crippen LogP contribution is -2.50. The fourth-order valence-electron chi connectivity index (χ4n) is 5.48. The van der Waals surface area contributed by atoms with Gasteiger partial charge in [-0.25, -0.2) is 9.18 Å². The van der Waals surface area contributed by atoms with Crippen LogP contribution < -0.4 is 10.2 Å². The number of hydrogen-bond acceptors (Lipinski definition) is 5. The van der Waals surface area contributed by atoms with Gasteiger partial charge in [-0.15, -0.1) is 0 Å². The van der Waals surface area contributed by atoms with Gasteiger partial charge in [-0.3, -0.25) is 10.1 Å². The standard InChI is InChI=1S/C24H34FN3O4/c1-16(2)32-23(31)26-17-4-9-21(20(25)14-17)27-12-3-10-24(15-27)11-13-28(22(24)30)18-5-7-19(29)8-6-18/h4,9,14,16,18-19,29H,3,5-8,10-13,15H2,1-2H3,(H,26,31)/t18-,19-,24?. The maximum absolute atomic E-state index is 15.0. The highest BCUT2D eigenvalue weighted by Gasteiger charge is 2.50. The largest absolute Gasteiger partial charge is 0.447 e. The van der Waals surface area contributed by atoms with Gasteiger partial charge in [0.25, 0.3) is 0 Å². The molecule has 3 aliphatic rings. The van der Waals surface area contributed by atoms with E-state index in [1.807, 2.05) is 9.80 Å². The van der Waals surface area contributed by atoms with Crippen molar-refractivity contribution in [3.05, 3.63) is 24.0 Å². The first-order valence-electron chi connectivity index (χ1n) is 11.8. The highest BCUT2D eigenvalue weighted by atomic mass is 19.1. The first-order chi connectivity index (χ1) is 15.3. The lowest BCUT2D eigenvalue weighted by Gasteiger charge is -2.41. The molecular weight excluding hydrogens is 413 g/mol. The number of aliphatic hydroxyl groups is 1. The molecule has 4 rings (SSSR count). The van der Waals surface area contributed by atoms with Gasteiger partial charge in [0, 0.05) is 31.4 Å². The third kappa shape index (κ3) is 4.70. The molecule has 1 saturated carbocycles. The van der Waals surface area contributed by atoms with Crippen molar-refractivity contribution in [2.24, 2.45) is 5.41 Å². The van der Waals surface area contributed by atoms with Gasteiger partial charge in [-0.2, -0.15) is 0 Å². The summed E-state index contributed by atoms with van der Waals surface area (Å²) in [4.78, 5) is 29.3. The Kier molecular flexibility index (Phi) is 6.60. The summed E-state index contributed by atoms with van der Waals surface area (Å²) in [6.07, 6.45) is 4.57. The zero-order chi connectivity index (χ0) is 22.9. The van der Waals surface area contributed by atoms with Crippen LogP contribution in [0.4, 0.5) is 20.6 Å². The Morgan fingerprint density at radius 1 is 1.22 bits per heavy atom. The molecule has 1 aromatic carbocycles. The predicted octanol–water partition coefficient (Wildman–Crippen LogP) is 3.91. The van der Waals surface area contributed by atoms with Gasteiger partial charge in [0.05, 0.1) is 23.3 Å². The third-order valence-corrected chi connectivity index (χ3v) is 7.11. The lowest BCUT2D eigenvalue weighted by molar-refractivity contribution is -0.139. The minimum atomic E-state index is -0.615. The quantitative estimate of drug-likeness (QED) is 0.732. The molecule has 0 bridgehead atoms. The minimum Gasteiger partial charge on any atom is -0.447 e. The van der Waals surface area contributed by atoms with Gasteiger partial charge in [0.1, 0.15) is 5.82 Å². The monoisotopic (exact) mass is 447 g/mol. The molecule has 2 amide bonds. The smallest absolute Gasteiger partial charge is 0.411 e. The van der Waals surface area contributed by atoms with Crippen molar-refractivity contribution in [3.8, 4) is 0 Å². The Balaban J connectivity index is 1.44. The molecule has 2 saturated heterocycles. The number of carbonyl (C=O) groups is 2. The molecule has 7 nitrogen and oxygen atoms in total. The van der Waals surface area contributed by atoms with Crippen molar-refractivity contribution in [2.45, 2.75) is 77.0 Å². The van der Waals surface area contributed by atoms with E-state index in [9.17, 15) is 19.1 Å². The fraction of sp³-hybridized carbons (Fsp3) is 0.667. The Hall–Kier alpha value is -2.35. The number of benzene rings is 1. The van der Waals surface area contributed by atoms with Crippen molar-refractivity contribution in [1.82, 2.24) is 4.90 Å². The molecule has 0 radical (unpaired) electrons. The first kappa shape index (κ1) is 22.8. The normalized spacial score (nSPS) is 28.5. The Morgan fingerprint density at radius 2 is 1.97 bits per heavy atom. The zero-order valence-corrected chi connectivity index (χ0v) is 19.0. The van der Waals surface area contributed by atoms with Crippen molar-refractivity contribution in [2.75, 3.05) is 29.9 Å². The number of nitrogens with one attached hydrogen (secondary N) is 1. The van der Waals surface area contributed by atoms with Crippen LogP contribution in [0.25, 0.3) is 0 Å². The molecule has 2 aliphatic heterocycles. The van der Waals surface area contributed by atoms with E-state index in [1.54, 1.807) is 26.0 Å². The van der Waals surface area contributed by atoms with Crippen LogP contribution in [0.15, 0.2) is 18.2 Å². The molecular formula is C24H34FN3O4. The second-order valence-electron chi connectivity index (χ2n) is 9.76. The van der Waals surface area contributed by atoms with E-state index in [2.05, 4.69) is 5.32 Å². The molecule has 3 fully saturated rings. The number of anilines is 2. The van der Waals surface area contributed by atoms with E-state index in [0.717, 1.165) is 51.5 Å². The molecule has 1 aromatic rings. The van der Waals surface area contributed by atoms with Crippen LogP contribution in [0, 0.1) is 11.2 Å². The highest BCUT2D eigenvalue weighted by Crippen LogP contribution is 2.43. The summed E-state index contributed by atoms with van der Waals surface area (Å²) in [7, 11) is 0. The summed E-state index contributed by atoms with van der Waals surface area (Å²) in [5.74, 6) is -0.230. The van der Waals surface area contributed by atoms with Crippen molar-refractivity contribution in [3.63, 3.8) is 0 Å². The molecule has 1 aliphatic carbocycles. The van der Waals surface area contributed by atoms with Crippen LogP contribution in [0.3, 0.4) is 0 Å². The summed E-state index contributed by atoms with van der Waals surface area (Å²) in [5, 5.41) is 12.3. The molecule has 32 heavy (non-hydrogen) atoms. The summed E-state index contributed by atoms with van der Waals surface area (Å²) in [5.41, 5.74) is 0.337. The SMILES string of the molecule is CC(C)OC(=O)Nc1ccc(N2CCCC3(CCN([C@H]4CC[C@H](O)CC4)C3=O)C2)c(F)c1. The number of ether oxygens (including phenoxy) is 1. The average molecular weight is 448 g/mol. The van der Waals surface area contributed by atoms with Crippen LogP contribution in [0.1, 0.15) is 58.8 Å². The van der Waals surface area contributed by atoms with E-state index < -0.39 is 17.3 Å². The fourth-order valence-corrected chi connectivity index (χ4v) is 5.48. The van der Waals surface area contributed by atoms with Gasteiger partial charge in [0.2, 0.25) is 5.91 Å². The predicted molar refractivity (Wildman–Crippen MR) is 120 cm³/mol. The summed E-state index contributed by atoms with van der Waals surface area (Å²) >= 11 is 0. The summed E-state index contributed by atoms with van der Waals surface area (Å²) in [6, 6.07) is 4.85. The van der Waals surface area contributed by atoms with Crippen LogP contribution in [0.5, 0.6) is 0 Å². The molecule has 8 heteroatoms. The van der Waals surface area contributed by atoms with Crippen molar-refractivity contribution >= 4 is 23.4 Å². The highest BCUT2D eigenvalue weighted by molar-refractivity contribution is 5.87. The molecule has 176 valence electrons. The maximum atomic E-state index is 15.0. The van der Waals surface area contributed by atoms with Crippen LogP contribution in [0.2, 0.25) is 0 Å². The van der Waals surface area contributed by atoms with Gasteiger partial charge < -0.3 is 19.6 Å². The number of amides is 2. The molecule has 1 atom stereocenters. The Morgan fingerprint density at radius 3 is 2.66 bits per heavy atom. The second kappa shape index (κ2) is 9.25. The maximum Gasteiger partial charge on any atom is 0.411 e. The summed E-state index contributed by atoms with van der Waals surface area (Å²) < 4.78 is 20.0. The average Bonchev–Trinajstić information content (AvgIpc) is 3.03. The third-order valence-electron chi connectivity index (χ3n) is 7.11. The second-order valence-corrected chi connectivity index (χ2v) is 9.76. The molecule has 0 aromatic heterocycles. The van der Waals surface area contributed by atoms with E-state index in [0.29, 0.717) is 24.5 Å². The molecule has 1 unspecified atom stereocenters. The van der Waals surface area contributed by atoms with Gasteiger partial charge in [-0.05, 0) is 77.0 Å².